The normalized spacial score (nSPS) is 11.1. The van der Waals surface area contributed by atoms with Crippen molar-refractivity contribution in [3.8, 4) is 5.75 Å². The number of carbonyl (C=O) groups excluding carboxylic acids is 1. The predicted molar refractivity (Wildman–Crippen MR) is 88.1 cm³/mol. The fraction of sp³-hybridized carbons (Fsp3) is 0.500. The first kappa shape index (κ1) is 18.6. The molecule has 8 heteroatoms. The molecule has 6 nitrogen and oxygen atoms in total. The molecule has 0 aromatic heterocycles. The van der Waals surface area contributed by atoms with Crippen molar-refractivity contribution in [2.75, 3.05) is 30.8 Å². The number of halogens is 1. The van der Waals surface area contributed by atoms with Crippen molar-refractivity contribution in [2.45, 2.75) is 19.8 Å². The van der Waals surface area contributed by atoms with Gasteiger partial charge in [-0.25, -0.2) is 8.42 Å². The van der Waals surface area contributed by atoms with E-state index in [0.717, 1.165) is 17.0 Å². The summed E-state index contributed by atoms with van der Waals surface area (Å²) in [5.41, 5.74) is 0.400. The third kappa shape index (κ3) is 5.38. The molecule has 0 unspecified atom stereocenters. The van der Waals surface area contributed by atoms with Gasteiger partial charge in [0.2, 0.25) is 15.9 Å². The molecule has 1 N–H and O–H groups in total. The Labute approximate surface area is 136 Å². The van der Waals surface area contributed by atoms with Gasteiger partial charge in [-0.2, -0.15) is 0 Å². The molecule has 0 aliphatic rings. The fourth-order valence-corrected chi connectivity index (χ4v) is 3.02. The van der Waals surface area contributed by atoms with Crippen molar-refractivity contribution in [1.82, 2.24) is 5.32 Å². The summed E-state index contributed by atoms with van der Waals surface area (Å²) in [6.45, 7) is 2.57. The van der Waals surface area contributed by atoms with Gasteiger partial charge in [0.15, 0.2) is 0 Å². The van der Waals surface area contributed by atoms with Crippen LogP contribution in [0.25, 0.3) is 0 Å². The lowest BCUT2D eigenvalue weighted by molar-refractivity contribution is -0.120. The second kappa shape index (κ2) is 8.24. The summed E-state index contributed by atoms with van der Waals surface area (Å²) >= 11 is 6.03. The molecule has 0 radical (unpaired) electrons. The van der Waals surface area contributed by atoms with E-state index in [-0.39, 0.29) is 18.9 Å². The van der Waals surface area contributed by atoms with Crippen LogP contribution >= 0.6 is 11.6 Å². The van der Waals surface area contributed by atoms with Crippen LogP contribution in [0.5, 0.6) is 5.75 Å². The number of hydrogen-bond acceptors (Lipinski definition) is 4. The van der Waals surface area contributed by atoms with E-state index in [0.29, 0.717) is 23.0 Å². The maximum Gasteiger partial charge on any atom is 0.232 e. The highest BCUT2D eigenvalue weighted by molar-refractivity contribution is 7.92. The number of carbonyl (C=O) groups is 1. The van der Waals surface area contributed by atoms with Crippen molar-refractivity contribution < 1.29 is 17.9 Å². The SMILES string of the molecule is CCCNC(=O)CCN(c1ccc(OC)c(Cl)c1)S(C)(=O)=O. The van der Waals surface area contributed by atoms with Crippen molar-refractivity contribution in [3.63, 3.8) is 0 Å². The average molecular weight is 349 g/mol. The Morgan fingerprint density at radius 1 is 1.41 bits per heavy atom. The van der Waals surface area contributed by atoms with Crippen molar-refractivity contribution >= 4 is 33.2 Å². The number of nitrogens with zero attached hydrogens (tertiary/aromatic N) is 1. The largest absolute Gasteiger partial charge is 0.495 e. The quantitative estimate of drug-likeness (QED) is 0.780. The van der Waals surface area contributed by atoms with E-state index in [9.17, 15) is 13.2 Å². The van der Waals surface area contributed by atoms with Crippen LogP contribution in [0.1, 0.15) is 19.8 Å². The highest BCUT2D eigenvalue weighted by Crippen LogP contribution is 2.30. The van der Waals surface area contributed by atoms with Gasteiger partial charge < -0.3 is 10.1 Å². The van der Waals surface area contributed by atoms with Crippen LogP contribution in [0, 0.1) is 0 Å². The first-order valence-electron chi connectivity index (χ1n) is 6.87. The summed E-state index contributed by atoms with van der Waals surface area (Å²) in [4.78, 5) is 11.7. The molecular weight excluding hydrogens is 328 g/mol. The smallest absolute Gasteiger partial charge is 0.232 e. The predicted octanol–water partition coefficient (Wildman–Crippen LogP) is 2.03. The molecule has 0 heterocycles. The maximum atomic E-state index is 11.9. The lowest BCUT2D eigenvalue weighted by Crippen LogP contribution is -2.34. The van der Waals surface area contributed by atoms with Crippen LogP contribution in [0.4, 0.5) is 5.69 Å². The van der Waals surface area contributed by atoms with Crippen molar-refractivity contribution in [1.29, 1.82) is 0 Å². The molecule has 0 aliphatic carbocycles. The Hall–Kier alpha value is -1.47. The molecule has 0 fully saturated rings. The topological polar surface area (TPSA) is 75.7 Å². The number of sulfonamides is 1. The van der Waals surface area contributed by atoms with Gasteiger partial charge >= 0.3 is 0 Å². The lowest BCUT2D eigenvalue weighted by atomic mass is 10.3. The summed E-state index contributed by atoms with van der Waals surface area (Å²) in [6.07, 6.45) is 2.00. The molecule has 0 spiro atoms. The maximum absolute atomic E-state index is 11.9. The summed E-state index contributed by atoms with van der Waals surface area (Å²) < 4.78 is 30.1. The summed E-state index contributed by atoms with van der Waals surface area (Å²) in [7, 11) is -2.04. The Balaban J connectivity index is 2.91. The van der Waals surface area contributed by atoms with E-state index in [1.165, 1.54) is 13.2 Å². The van der Waals surface area contributed by atoms with Gasteiger partial charge in [0, 0.05) is 19.5 Å². The van der Waals surface area contributed by atoms with Gasteiger partial charge in [0.1, 0.15) is 5.75 Å². The number of nitrogens with one attached hydrogen (secondary N) is 1. The summed E-state index contributed by atoms with van der Waals surface area (Å²) in [5.74, 6) is 0.273. The molecule has 1 rings (SSSR count). The second-order valence-electron chi connectivity index (χ2n) is 4.75. The molecule has 22 heavy (non-hydrogen) atoms. The zero-order valence-corrected chi connectivity index (χ0v) is 14.5. The Morgan fingerprint density at radius 3 is 2.59 bits per heavy atom. The molecule has 1 aromatic carbocycles. The average Bonchev–Trinajstić information content (AvgIpc) is 2.44. The minimum atomic E-state index is -3.52. The van der Waals surface area contributed by atoms with E-state index in [1.54, 1.807) is 12.1 Å². The van der Waals surface area contributed by atoms with Gasteiger partial charge in [-0.3, -0.25) is 9.10 Å². The Bertz CT molecular complexity index is 619. The van der Waals surface area contributed by atoms with E-state index in [2.05, 4.69) is 5.32 Å². The molecule has 0 atom stereocenters. The third-order valence-corrected chi connectivity index (χ3v) is 4.43. The molecule has 1 amide bonds. The fourth-order valence-electron chi connectivity index (χ4n) is 1.85. The monoisotopic (exact) mass is 348 g/mol. The zero-order chi connectivity index (χ0) is 16.8. The minimum Gasteiger partial charge on any atom is -0.495 e. The van der Waals surface area contributed by atoms with E-state index in [1.807, 2.05) is 6.92 Å². The number of ether oxygens (including phenoxy) is 1. The number of rotatable bonds is 8. The standard InChI is InChI=1S/C14H21ClN2O4S/c1-4-8-16-14(18)7-9-17(22(3,19)20)11-5-6-13(21-2)12(15)10-11/h5-6,10H,4,7-9H2,1-3H3,(H,16,18). The van der Waals surface area contributed by atoms with E-state index >= 15 is 0 Å². The van der Waals surface area contributed by atoms with Gasteiger partial charge in [0.25, 0.3) is 0 Å². The van der Waals surface area contributed by atoms with Crippen LogP contribution in [0.3, 0.4) is 0 Å². The second-order valence-corrected chi connectivity index (χ2v) is 7.07. The van der Waals surface area contributed by atoms with Crippen LogP contribution in [0.2, 0.25) is 5.02 Å². The Kier molecular flexibility index (Phi) is 6.96. The lowest BCUT2D eigenvalue weighted by Gasteiger charge is -2.22. The molecule has 1 aromatic rings. The molecule has 0 saturated carbocycles. The van der Waals surface area contributed by atoms with Crippen LogP contribution in [-0.4, -0.2) is 40.8 Å². The molecular formula is C14H21ClN2O4S. The summed E-state index contributed by atoms with van der Waals surface area (Å²) in [6, 6.07) is 4.69. The van der Waals surface area contributed by atoms with Crippen molar-refractivity contribution in [2.24, 2.45) is 0 Å². The minimum absolute atomic E-state index is 0.0526. The van der Waals surface area contributed by atoms with Crippen molar-refractivity contribution in [3.05, 3.63) is 23.2 Å². The number of hydrogen-bond donors (Lipinski definition) is 1. The third-order valence-electron chi connectivity index (χ3n) is 2.94. The van der Waals surface area contributed by atoms with E-state index in [4.69, 9.17) is 16.3 Å². The highest BCUT2D eigenvalue weighted by atomic mass is 35.5. The molecule has 0 aliphatic heterocycles. The molecule has 0 bridgehead atoms. The van der Waals surface area contributed by atoms with E-state index < -0.39 is 10.0 Å². The Morgan fingerprint density at radius 2 is 2.09 bits per heavy atom. The number of anilines is 1. The zero-order valence-electron chi connectivity index (χ0n) is 12.9. The first-order valence-corrected chi connectivity index (χ1v) is 9.10. The van der Waals surface area contributed by atoms with Gasteiger partial charge in [-0.1, -0.05) is 18.5 Å². The number of methoxy groups -OCH3 is 1. The summed E-state index contributed by atoms with van der Waals surface area (Å²) in [5, 5.41) is 3.02. The number of amides is 1. The number of benzene rings is 1. The van der Waals surface area contributed by atoms with Gasteiger partial charge in [-0.15, -0.1) is 0 Å². The van der Waals surface area contributed by atoms with Crippen LogP contribution in [-0.2, 0) is 14.8 Å². The molecule has 124 valence electrons. The van der Waals surface area contributed by atoms with Gasteiger partial charge in [0.05, 0.1) is 24.1 Å². The van der Waals surface area contributed by atoms with Crippen LogP contribution < -0.4 is 14.4 Å². The van der Waals surface area contributed by atoms with Gasteiger partial charge in [-0.05, 0) is 24.6 Å². The first-order chi connectivity index (χ1) is 10.3. The van der Waals surface area contributed by atoms with Crippen LogP contribution in [0.15, 0.2) is 18.2 Å². The highest BCUT2D eigenvalue weighted by Gasteiger charge is 2.19. The molecule has 0 saturated heterocycles.